The highest BCUT2D eigenvalue weighted by molar-refractivity contribution is 5.98. The number of para-hydroxylation sites is 1. The molecule has 1 heterocycles. The van der Waals surface area contributed by atoms with E-state index < -0.39 is 11.9 Å². The second-order valence-electron chi connectivity index (χ2n) is 5.67. The van der Waals surface area contributed by atoms with Gasteiger partial charge in [-0.2, -0.15) is 0 Å². The minimum absolute atomic E-state index is 0.0494. The van der Waals surface area contributed by atoms with Crippen molar-refractivity contribution in [3.8, 4) is 5.75 Å². The van der Waals surface area contributed by atoms with Gasteiger partial charge in [-0.3, -0.25) is 15.0 Å². The Kier molecular flexibility index (Phi) is 6.00. The summed E-state index contributed by atoms with van der Waals surface area (Å²) in [5.41, 5.74) is 6.71. The highest BCUT2D eigenvalue weighted by Crippen LogP contribution is 2.35. The third-order valence-corrected chi connectivity index (χ3v) is 3.76. The van der Waals surface area contributed by atoms with Gasteiger partial charge in [0, 0.05) is 6.54 Å². The number of nitrogens with two attached hydrogens (primary N) is 1. The number of rotatable bonds is 8. The van der Waals surface area contributed by atoms with Crippen LogP contribution in [-0.4, -0.2) is 36.1 Å². The van der Waals surface area contributed by atoms with Crippen LogP contribution in [-0.2, 0) is 16.0 Å². The molecule has 0 radical (unpaired) electrons. The van der Waals surface area contributed by atoms with Crippen LogP contribution in [0.1, 0.15) is 24.8 Å². The molecule has 24 heavy (non-hydrogen) atoms. The van der Waals surface area contributed by atoms with Crippen LogP contribution in [0.3, 0.4) is 0 Å². The van der Waals surface area contributed by atoms with E-state index in [0.29, 0.717) is 31.0 Å². The van der Waals surface area contributed by atoms with Crippen LogP contribution in [0.15, 0.2) is 18.2 Å². The van der Waals surface area contributed by atoms with Crippen molar-refractivity contribution >= 4 is 23.5 Å². The molecule has 1 atom stereocenters. The van der Waals surface area contributed by atoms with Crippen molar-refractivity contribution in [1.29, 1.82) is 5.41 Å². The number of anilines is 1. The highest BCUT2D eigenvalue weighted by atomic mass is 16.5. The zero-order chi connectivity index (χ0) is 17.5. The lowest BCUT2D eigenvalue weighted by Gasteiger charge is -2.25. The van der Waals surface area contributed by atoms with Crippen molar-refractivity contribution < 1.29 is 19.4 Å². The van der Waals surface area contributed by atoms with Crippen molar-refractivity contribution in [2.75, 3.05) is 18.5 Å². The predicted molar refractivity (Wildman–Crippen MR) is 89.2 cm³/mol. The largest absolute Gasteiger partial charge is 0.491 e. The molecule has 0 bridgehead atoms. The molecule has 0 saturated carbocycles. The maximum Gasteiger partial charge on any atom is 0.304 e. The van der Waals surface area contributed by atoms with E-state index in [1.165, 1.54) is 0 Å². The molecule has 1 aliphatic rings. The third kappa shape index (κ3) is 4.87. The van der Waals surface area contributed by atoms with Crippen LogP contribution in [0.25, 0.3) is 0 Å². The zero-order valence-electron chi connectivity index (χ0n) is 13.3. The molecule has 0 saturated heterocycles. The van der Waals surface area contributed by atoms with E-state index in [0.717, 1.165) is 18.4 Å². The van der Waals surface area contributed by atoms with Crippen LogP contribution in [0.2, 0.25) is 0 Å². The Balaban J connectivity index is 1.91. The summed E-state index contributed by atoms with van der Waals surface area (Å²) < 4.78 is 5.73. The van der Waals surface area contributed by atoms with E-state index in [1.807, 2.05) is 12.1 Å². The number of amides is 1. The molecular weight excluding hydrogens is 312 g/mol. The summed E-state index contributed by atoms with van der Waals surface area (Å²) in [6, 6.07) is 5.48. The van der Waals surface area contributed by atoms with Gasteiger partial charge in [-0.25, -0.2) is 0 Å². The predicted octanol–water partition coefficient (Wildman–Crippen LogP) is 0.914. The molecule has 6 N–H and O–H groups in total. The fourth-order valence-corrected chi connectivity index (χ4v) is 2.60. The van der Waals surface area contributed by atoms with Crippen molar-refractivity contribution in [2.45, 2.75) is 25.7 Å². The van der Waals surface area contributed by atoms with Crippen LogP contribution >= 0.6 is 0 Å². The first kappa shape index (κ1) is 17.6. The Morgan fingerprint density at radius 3 is 2.96 bits per heavy atom. The van der Waals surface area contributed by atoms with E-state index in [4.69, 9.17) is 21.0 Å². The molecule has 0 aromatic heterocycles. The Bertz CT molecular complexity index is 633. The molecule has 130 valence electrons. The summed E-state index contributed by atoms with van der Waals surface area (Å²) in [4.78, 5) is 22.9. The third-order valence-electron chi connectivity index (χ3n) is 3.76. The molecule has 0 aliphatic carbocycles. The van der Waals surface area contributed by atoms with Gasteiger partial charge in [0.05, 0.1) is 24.6 Å². The number of unbranched alkanes of at least 4 members (excludes halogenated alkanes) is 1. The number of carbonyl (C=O) groups excluding carboxylic acids is 1. The second-order valence-corrected chi connectivity index (χ2v) is 5.67. The van der Waals surface area contributed by atoms with Gasteiger partial charge in [-0.05, 0) is 30.9 Å². The van der Waals surface area contributed by atoms with Gasteiger partial charge in [0.2, 0.25) is 5.91 Å². The summed E-state index contributed by atoms with van der Waals surface area (Å²) in [5.74, 6) is -1.28. The van der Waals surface area contributed by atoms with Crippen LogP contribution in [0.4, 0.5) is 5.69 Å². The summed E-state index contributed by atoms with van der Waals surface area (Å²) in [6.07, 6.45) is 1.80. The molecular formula is C16H22N4O4. The number of carbonyl (C=O) groups is 2. The minimum Gasteiger partial charge on any atom is -0.491 e. The average molecular weight is 334 g/mol. The van der Waals surface area contributed by atoms with Gasteiger partial charge in [0.25, 0.3) is 0 Å². The average Bonchev–Trinajstić information content (AvgIpc) is 2.51. The number of fused-ring (bicyclic) bond motifs is 1. The summed E-state index contributed by atoms with van der Waals surface area (Å²) in [7, 11) is 0. The van der Waals surface area contributed by atoms with Crippen molar-refractivity contribution in [1.82, 2.24) is 5.32 Å². The number of carboxylic acids is 1. The Morgan fingerprint density at radius 2 is 2.25 bits per heavy atom. The molecule has 1 aliphatic heterocycles. The molecule has 1 aromatic rings. The number of hydrogen-bond acceptors (Lipinski definition) is 4. The molecule has 1 amide bonds. The monoisotopic (exact) mass is 334 g/mol. The molecule has 1 aromatic carbocycles. The summed E-state index contributed by atoms with van der Waals surface area (Å²) >= 11 is 0. The smallest absolute Gasteiger partial charge is 0.304 e. The van der Waals surface area contributed by atoms with Crippen molar-refractivity contribution in [2.24, 2.45) is 11.7 Å². The van der Waals surface area contributed by atoms with Gasteiger partial charge < -0.3 is 26.2 Å². The standard InChI is InChI=1S/C16H22N4O4/c17-16(18)19-6-1-2-7-24-12-5-3-4-10-8-11(9-13(21)22)15(23)20-14(10)12/h3-5,11H,1-2,6-9H2,(H,20,23)(H,21,22)(H4,17,18,19). The molecule has 8 nitrogen and oxygen atoms in total. The SMILES string of the molecule is N=C(N)NCCCCOc1cccc2c1NC(=O)C(CC(=O)O)C2. The maximum absolute atomic E-state index is 12.1. The van der Waals surface area contributed by atoms with E-state index in [1.54, 1.807) is 6.07 Å². The summed E-state index contributed by atoms with van der Waals surface area (Å²) in [5, 5.41) is 21.4. The quantitative estimate of drug-likeness (QED) is 0.272. The normalized spacial score (nSPS) is 16.0. The van der Waals surface area contributed by atoms with E-state index >= 15 is 0 Å². The Labute approximate surface area is 139 Å². The van der Waals surface area contributed by atoms with Crippen LogP contribution in [0, 0.1) is 11.3 Å². The highest BCUT2D eigenvalue weighted by Gasteiger charge is 2.29. The summed E-state index contributed by atoms with van der Waals surface area (Å²) in [6.45, 7) is 1.09. The van der Waals surface area contributed by atoms with Crippen molar-refractivity contribution in [3.63, 3.8) is 0 Å². The molecule has 8 heteroatoms. The molecule has 0 spiro atoms. The zero-order valence-corrected chi connectivity index (χ0v) is 13.3. The van der Waals surface area contributed by atoms with Crippen LogP contribution in [0.5, 0.6) is 5.75 Å². The molecule has 2 rings (SSSR count). The number of nitrogens with one attached hydrogen (secondary N) is 3. The number of carboxylic acid groups (broad SMARTS) is 1. The number of aliphatic carboxylic acids is 1. The first-order chi connectivity index (χ1) is 11.5. The second kappa shape index (κ2) is 8.19. The van der Waals surface area contributed by atoms with E-state index in [2.05, 4.69) is 10.6 Å². The van der Waals surface area contributed by atoms with E-state index in [-0.39, 0.29) is 18.3 Å². The number of guanidine groups is 1. The van der Waals surface area contributed by atoms with Gasteiger partial charge >= 0.3 is 5.97 Å². The van der Waals surface area contributed by atoms with Gasteiger partial charge in [0.1, 0.15) is 5.75 Å². The van der Waals surface area contributed by atoms with Crippen LogP contribution < -0.4 is 21.1 Å². The van der Waals surface area contributed by atoms with Crippen molar-refractivity contribution in [3.05, 3.63) is 23.8 Å². The lowest BCUT2D eigenvalue weighted by molar-refractivity contribution is -0.140. The minimum atomic E-state index is -0.981. The van der Waals surface area contributed by atoms with Gasteiger partial charge in [0.15, 0.2) is 5.96 Å². The number of hydrogen-bond donors (Lipinski definition) is 5. The maximum atomic E-state index is 12.1. The van der Waals surface area contributed by atoms with E-state index in [9.17, 15) is 9.59 Å². The topological polar surface area (TPSA) is 138 Å². The first-order valence-electron chi connectivity index (χ1n) is 7.82. The molecule has 1 unspecified atom stereocenters. The number of ether oxygens (including phenoxy) is 1. The van der Waals surface area contributed by atoms with Gasteiger partial charge in [-0.15, -0.1) is 0 Å². The first-order valence-corrected chi connectivity index (χ1v) is 7.82. The lowest BCUT2D eigenvalue weighted by Crippen LogP contribution is -2.32. The Morgan fingerprint density at radius 1 is 1.46 bits per heavy atom. The fraction of sp³-hybridized carbons (Fsp3) is 0.438. The number of benzene rings is 1. The Hall–Kier alpha value is -2.77. The lowest BCUT2D eigenvalue weighted by atomic mass is 9.90. The van der Waals surface area contributed by atoms with Gasteiger partial charge in [-0.1, -0.05) is 12.1 Å². The molecule has 0 fully saturated rings. The fourth-order valence-electron chi connectivity index (χ4n) is 2.60.